The summed E-state index contributed by atoms with van der Waals surface area (Å²) in [6.45, 7) is 3.73. The Labute approximate surface area is 194 Å². The molecule has 32 heavy (non-hydrogen) atoms. The Bertz CT molecular complexity index is 1260. The first kappa shape index (κ1) is 24.4. The van der Waals surface area contributed by atoms with E-state index in [9.17, 15) is 16.8 Å². The summed E-state index contributed by atoms with van der Waals surface area (Å²) >= 11 is 5.94. The van der Waals surface area contributed by atoms with Crippen molar-refractivity contribution in [2.24, 2.45) is 0 Å². The third-order valence-corrected chi connectivity index (χ3v) is 8.71. The van der Waals surface area contributed by atoms with Gasteiger partial charge in [0.2, 0.25) is 10.0 Å². The lowest BCUT2D eigenvalue weighted by atomic mass is 10.0. The molecule has 1 atom stereocenters. The summed E-state index contributed by atoms with van der Waals surface area (Å²) in [4.78, 5) is 4.15. The molecule has 6 nitrogen and oxygen atoms in total. The molecule has 9 heteroatoms. The quantitative estimate of drug-likeness (QED) is 0.475. The second kappa shape index (κ2) is 10.1. The molecule has 0 amide bonds. The second-order valence-corrected chi connectivity index (χ2v) is 12.2. The van der Waals surface area contributed by atoms with Crippen LogP contribution in [0.5, 0.6) is 0 Å². The van der Waals surface area contributed by atoms with Gasteiger partial charge >= 0.3 is 0 Å². The molecule has 0 saturated carbocycles. The Morgan fingerprint density at radius 3 is 2.25 bits per heavy atom. The topological polar surface area (TPSA) is 93.2 Å². The lowest BCUT2D eigenvalue weighted by molar-refractivity contribution is 0.568. The number of nitrogens with one attached hydrogen (secondary N) is 1. The van der Waals surface area contributed by atoms with Crippen LogP contribution in [0.15, 0.2) is 78.0 Å². The van der Waals surface area contributed by atoms with Crippen molar-refractivity contribution in [2.45, 2.75) is 35.7 Å². The largest absolute Gasteiger partial charge is 0.264 e. The van der Waals surface area contributed by atoms with Crippen LogP contribution in [0.4, 0.5) is 0 Å². The average Bonchev–Trinajstić information content (AvgIpc) is 2.74. The molecule has 0 radical (unpaired) electrons. The summed E-state index contributed by atoms with van der Waals surface area (Å²) in [7, 11) is -7.70. The Kier molecular flexibility index (Phi) is 7.71. The van der Waals surface area contributed by atoms with Crippen LogP contribution < -0.4 is 4.72 Å². The molecule has 0 aliphatic rings. The second-order valence-electron chi connectivity index (χ2n) is 7.78. The maximum absolute atomic E-state index is 13.5. The van der Waals surface area contributed by atoms with E-state index < -0.39 is 25.1 Å². The van der Waals surface area contributed by atoms with Gasteiger partial charge in [0.15, 0.2) is 9.84 Å². The van der Waals surface area contributed by atoms with E-state index in [1.165, 1.54) is 12.4 Å². The van der Waals surface area contributed by atoms with Gasteiger partial charge in [-0.1, -0.05) is 55.8 Å². The standard InChI is InChI=1S/C23H25ClN2O4S2/c1-17(2)19-8-10-22(11-9-19)32(29,30)23(20-6-4-12-25-14-20)15-26-31(27,28)16-18-5-3-7-21(24)13-18/h3-14,17,23,26H,15-16H2,1-2H3. The van der Waals surface area contributed by atoms with Crippen molar-refractivity contribution in [2.75, 3.05) is 6.54 Å². The number of hydrogen-bond acceptors (Lipinski definition) is 5. The molecule has 3 aromatic rings. The minimum absolute atomic E-state index is 0.129. The number of pyridine rings is 1. The lowest BCUT2D eigenvalue weighted by Crippen LogP contribution is -2.32. The van der Waals surface area contributed by atoms with Crippen molar-refractivity contribution in [3.8, 4) is 0 Å². The fourth-order valence-electron chi connectivity index (χ4n) is 3.28. The fraction of sp³-hybridized carbons (Fsp3) is 0.261. The van der Waals surface area contributed by atoms with Gasteiger partial charge in [-0.3, -0.25) is 4.98 Å². The maximum Gasteiger partial charge on any atom is 0.215 e. The third kappa shape index (κ3) is 6.16. The number of aromatic nitrogens is 1. The molecular weight excluding hydrogens is 468 g/mol. The molecule has 0 spiro atoms. The van der Waals surface area contributed by atoms with Gasteiger partial charge in [0.1, 0.15) is 5.25 Å². The van der Waals surface area contributed by atoms with E-state index in [1.54, 1.807) is 60.7 Å². The molecule has 0 fully saturated rings. The summed E-state index contributed by atoms with van der Waals surface area (Å²) in [5, 5.41) is -0.700. The van der Waals surface area contributed by atoms with Crippen molar-refractivity contribution in [1.82, 2.24) is 9.71 Å². The first-order valence-electron chi connectivity index (χ1n) is 10.0. The van der Waals surface area contributed by atoms with Crippen molar-refractivity contribution in [3.05, 3.63) is 94.8 Å². The van der Waals surface area contributed by atoms with Gasteiger partial charge in [0.25, 0.3) is 0 Å². The van der Waals surface area contributed by atoms with E-state index in [0.29, 0.717) is 16.1 Å². The summed E-state index contributed by atoms with van der Waals surface area (Å²) in [6, 6.07) is 16.5. The highest BCUT2D eigenvalue weighted by atomic mass is 35.5. The highest BCUT2D eigenvalue weighted by molar-refractivity contribution is 7.92. The van der Waals surface area contributed by atoms with Gasteiger partial charge in [0.05, 0.1) is 10.6 Å². The Morgan fingerprint density at radius 1 is 0.938 bits per heavy atom. The van der Waals surface area contributed by atoms with Crippen molar-refractivity contribution in [1.29, 1.82) is 0 Å². The van der Waals surface area contributed by atoms with Crippen LogP contribution in [-0.2, 0) is 25.6 Å². The summed E-state index contributed by atoms with van der Waals surface area (Å²) in [6.07, 6.45) is 2.98. The number of nitrogens with zero attached hydrogens (tertiary/aromatic N) is 1. The Morgan fingerprint density at radius 2 is 1.66 bits per heavy atom. The van der Waals surface area contributed by atoms with Crippen LogP contribution in [0.25, 0.3) is 0 Å². The van der Waals surface area contributed by atoms with Gasteiger partial charge in [0, 0.05) is 24.0 Å². The smallest absolute Gasteiger partial charge is 0.215 e. The summed E-state index contributed by atoms with van der Waals surface area (Å²) in [5.41, 5.74) is 1.94. The molecule has 1 N–H and O–H groups in total. The van der Waals surface area contributed by atoms with Gasteiger partial charge in [-0.2, -0.15) is 0 Å². The zero-order valence-electron chi connectivity index (χ0n) is 17.8. The summed E-state index contributed by atoms with van der Waals surface area (Å²) in [5.74, 6) is -0.0460. The zero-order chi connectivity index (χ0) is 23.4. The minimum Gasteiger partial charge on any atom is -0.264 e. The lowest BCUT2D eigenvalue weighted by Gasteiger charge is -2.19. The van der Waals surface area contributed by atoms with Crippen molar-refractivity contribution >= 4 is 31.5 Å². The third-order valence-electron chi connectivity index (χ3n) is 5.04. The molecule has 0 aliphatic carbocycles. The first-order chi connectivity index (χ1) is 15.1. The van der Waals surface area contributed by atoms with Crippen LogP contribution in [0.1, 0.15) is 41.7 Å². The van der Waals surface area contributed by atoms with E-state index in [1.807, 2.05) is 13.8 Å². The molecule has 1 heterocycles. The first-order valence-corrected chi connectivity index (χ1v) is 13.6. The molecule has 0 bridgehead atoms. The SMILES string of the molecule is CC(C)c1ccc(S(=O)(=O)C(CNS(=O)(=O)Cc2cccc(Cl)c2)c2cccnc2)cc1. The molecule has 170 valence electrons. The average molecular weight is 493 g/mol. The normalized spacial score (nSPS) is 13.2. The fourth-order valence-corrected chi connectivity index (χ4v) is 6.38. The van der Waals surface area contributed by atoms with E-state index in [4.69, 9.17) is 11.6 Å². The number of sulfone groups is 1. The number of halogens is 1. The van der Waals surface area contributed by atoms with E-state index in [-0.39, 0.29) is 23.1 Å². The highest BCUT2D eigenvalue weighted by Crippen LogP contribution is 2.29. The van der Waals surface area contributed by atoms with Gasteiger partial charge in [-0.05, 0) is 52.9 Å². The van der Waals surface area contributed by atoms with E-state index in [2.05, 4.69) is 9.71 Å². The summed E-state index contributed by atoms with van der Waals surface area (Å²) < 4.78 is 54.7. The molecular formula is C23H25ClN2O4S2. The van der Waals surface area contributed by atoms with Gasteiger partial charge in [-0.25, -0.2) is 21.6 Å². The predicted octanol–water partition coefficient (Wildman–Crippen LogP) is 4.49. The van der Waals surface area contributed by atoms with Crippen LogP contribution in [0, 0.1) is 0 Å². The Balaban J connectivity index is 1.88. The van der Waals surface area contributed by atoms with Crippen LogP contribution in [0.3, 0.4) is 0 Å². The number of sulfonamides is 1. The monoisotopic (exact) mass is 492 g/mol. The molecule has 1 unspecified atom stereocenters. The minimum atomic E-state index is -3.89. The molecule has 0 saturated heterocycles. The Hall–Kier alpha value is -2.26. The van der Waals surface area contributed by atoms with Crippen molar-refractivity contribution < 1.29 is 16.8 Å². The van der Waals surface area contributed by atoms with Gasteiger partial charge < -0.3 is 0 Å². The number of benzene rings is 2. The maximum atomic E-state index is 13.5. The van der Waals surface area contributed by atoms with E-state index >= 15 is 0 Å². The molecule has 2 aromatic carbocycles. The predicted molar refractivity (Wildman–Crippen MR) is 127 cm³/mol. The highest BCUT2D eigenvalue weighted by Gasteiger charge is 2.31. The van der Waals surface area contributed by atoms with Crippen LogP contribution >= 0.6 is 11.6 Å². The van der Waals surface area contributed by atoms with Gasteiger partial charge in [-0.15, -0.1) is 0 Å². The van der Waals surface area contributed by atoms with Crippen molar-refractivity contribution in [3.63, 3.8) is 0 Å². The van der Waals surface area contributed by atoms with Crippen LogP contribution in [-0.4, -0.2) is 28.4 Å². The van der Waals surface area contributed by atoms with E-state index in [0.717, 1.165) is 5.56 Å². The van der Waals surface area contributed by atoms with Crippen LogP contribution in [0.2, 0.25) is 5.02 Å². The zero-order valence-corrected chi connectivity index (χ0v) is 20.2. The molecule has 0 aliphatic heterocycles. The molecule has 1 aromatic heterocycles. The number of hydrogen-bond donors (Lipinski definition) is 1. The molecule has 3 rings (SSSR count). The number of rotatable bonds is 9.